The summed E-state index contributed by atoms with van der Waals surface area (Å²) in [5.74, 6) is 0.679. The van der Waals surface area contributed by atoms with Crippen LogP contribution in [0.25, 0.3) is 93.4 Å². The summed E-state index contributed by atoms with van der Waals surface area (Å²) in [6.07, 6.45) is 0. The van der Waals surface area contributed by atoms with Gasteiger partial charge in [-0.15, -0.1) is 11.3 Å². The van der Waals surface area contributed by atoms with Gasteiger partial charge in [-0.25, -0.2) is 9.97 Å². The molecular formula is C49H33N3S. The highest BCUT2D eigenvalue weighted by Gasteiger charge is 2.39. The number of thiophene rings is 1. The van der Waals surface area contributed by atoms with Crippen LogP contribution in [0.15, 0.2) is 164 Å². The SMILES string of the molecule is CC1(C)c2ccccc2-c2c1sc1c2ccc2c3ccc(-c4cccc(-c5ccccc5)c4)cc3n(-c3nc(-c4ccccc4)c4ccccc4n3)c21. The second-order valence-electron chi connectivity index (χ2n) is 14.6. The molecule has 0 unspecified atom stereocenters. The Hall–Kier alpha value is -6.36. The third-order valence-electron chi connectivity index (χ3n) is 11.2. The van der Waals surface area contributed by atoms with E-state index >= 15 is 0 Å². The van der Waals surface area contributed by atoms with Crippen molar-refractivity contribution in [2.75, 3.05) is 0 Å². The van der Waals surface area contributed by atoms with Gasteiger partial charge in [0.05, 0.1) is 26.9 Å². The summed E-state index contributed by atoms with van der Waals surface area (Å²) in [7, 11) is 0. The molecule has 0 fully saturated rings. The lowest BCUT2D eigenvalue weighted by Gasteiger charge is -2.19. The predicted molar refractivity (Wildman–Crippen MR) is 223 cm³/mol. The van der Waals surface area contributed by atoms with Gasteiger partial charge in [-0.3, -0.25) is 4.57 Å². The average molecular weight is 696 g/mol. The molecule has 11 rings (SSSR count). The molecule has 250 valence electrons. The molecule has 0 bridgehead atoms. The van der Waals surface area contributed by atoms with Gasteiger partial charge in [-0.2, -0.15) is 0 Å². The van der Waals surface area contributed by atoms with Gasteiger partial charge in [0.25, 0.3) is 0 Å². The van der Waals surface area contributed by atoms with Crippen molar-refractivity contribution < 1.29 is 0 Å². The number of hydrogen-bond donors (Lipinski definition) is 0. The van der Waals surface area contributed by atoms with Crippen molar-refractivity contribution in [1.82, 2.24) is 14.5 Å². The number of para-hydroxylation sites is 1. The highest BCUT2D eigenvalue weighted by molar-refractivity contribution is 7.21. The van der Waals surface area contributed by atoms with E-state index in [0.717, 1.165) is 38.8 Å². The van der Waals surface area contributed by atoms with Gasteiger partial charge in [0.15, 0.2) is 0 Å². The molecule has 7 aromatic carbocycles. The fourth-order valence-corrected chi connectivity index (χ4v) is 10.1. The van der Waals surface area contributed by atoms with E-state index in [4.69, 9.17) is 9.97 Å². The minimum atomic E-state index is -0.0876. The molecule has 0 atom stereocenters. The van der Waals surface area contributed by atoms with Crippen LogP contribution < -0.4 is 0 Å². The fraction of sp³-hybridized carbons (Fsp3) is 0.0612. The summed E-state index contributed by atoms with van der Waals surface area (Å²) in [6.45, 7) is 4.74. The van der Waals surface area contributed by atoms with Crippen molar-refractivity contribution in [2.45, 2.75) is 19.3 Å². The number of rotatable bonds is 4. The second kappa shape index (κ2) is 11.3. The first-order valence-electron chi connectivity index (χ1n) is 18.2. The van der Waals surface area contributed by atoms with Gasteiger partial charge >= 0.3 is 0 Å². The van der Waals surface area contributed by atoms with E-state index in [0.29, 0.717) is 5.95 Å². The van der Waals surface area contributed by atoms with Crippen LogP contribution in [0.5, 0.6) is 0 Å². The zero-order valence-corrected chi connectivity index (χ0v) is 30.2. The molecule has 10 aromatic rings. The van der Waals surface area contributed by atoms with Crippen molar-refractivity contribution in [3.05, 3.63) is 174 Å². The summed E-state index contributed by atoms with van der Waals surface area (Å²) >= 11 is 1.93. The Labute approximate surface area is 311 Å². The van der Waals surface area contributed by atoms with Crippen LogP contribution in [0.3, 0.4) is 0 Å². The average Bonchev–Trinajstić information content (AvgIpc) is 3.84. The molecule has 0 aliphatic heterocycles. The Morgan fingerprint density at radius 3 is 1.98 bits per heavy atom. The topological polar surface area (TPSA) is 30.7 Å². The summed E-state index contributed by atoms with van der Waals surface area (Å²) < 4.78 is 3.62. The first-order valence-corrected chi connectivity index (χ1v) is 19.0. The highest BCUT2D eigenvalue weighted by Crippen LogP contribution is 2.56. The quantitative estimate of drug-likeness (QED) is 0.183. The predicted octanol–water partition coefficient (Wildman–Crippen LogP) is 13.2. The van der Waals surface area contributed by atoms with E-state index in [1.165, 1.54) is 59.1 Å². The standard InChI is InChI=1S/C49H33N3S/c1-49(2)40-22-11-9-20-37(40)43-39-27-26-36-35-25-24-34(33-19-13-18-32(28-33)30-14-5-3-6-15-30)29-42(35)52(45(36)46(39)53-47(43)49)48-50-41-23-12-10-21-38(41)44(51-48)31-16-7-4-8-17-31/h3-29H,1-2H3. The first kappa shape index (κ1) is 30.3. The Bertz CT molecular complexity index is 3080. The van der Waals surface area contributed by atoms with Gasteiger partial charge < -0.3 is 0 Å². The van der Waals surface area contributed by atoms with Gasteiger partial charge in [0, 0.05) is 43.0 Å². The van der Waals surface area contributed by atoms with E-state index in [1.54, 1.807) is 0 Å². The van der Waals surface area contributed by atoms with Gasteiger partial charge in [-0.05, 0) is 51.6 Å². The summed E-state index contributed by atoms with van der Waals surface area (Å²) in [4.78, 5) is 12.2. The molecule has 1 aliphatic carbocycles. The molecule has 0 saturated heterocycles. The van der Waals surface area contributed by atoms with Crippen LogP contribution in [0, 0.1) is 0 Å². The molecule has 3 nitrogen and oxygen atoms in total. The molecule has 4 heteroatoms. The molecule has 0 spiro atoms. The van der Waals surface area contributed by atoms with Crippen LogP contribution in [0.2, 0.25) is 0 Å². The summed E-state index contributed by atoms with van der Waals surface area (Å²) in [5.41, 5.74) is 14.0. The normalized spacial score (nSPS) is 13.2. The number of benzene rings is 7. The minimum Gasteiger partial charge on any atom is -0.276 e. The lowest BCUT2D eigenvalue weighted by atomic mass is 9.87. The van der Waals surface area contributed by atoms with Crippen molar-refractivity contribution in [3.8, 4) is 50.6 Å². The zero-order valence-electron chi connectivity index (χ0n) is 29.3. The molecule has 0 radical (unpaired) electrons. The first-order chi connectivity index (χ1) is 26.0. The third-order valence-corrected chi connectivity index (χ3v) is 12.7. The van der Waals surface area contributed by atoms with Crippen molar-refractivity contribution >= 4 is 54.1 Å². The summed E-state index contributed by atoms with van der Waals surface area (Å²) in [6, 6.07) is 58.9. The summed E-state index contributed by atoms with van der Waals surface area (Å²) in [5, 5.41) is 4.73. The van der Waals surface area contributed by atoms with E-state index in [-0.39, 0.29) is 5.41 Å². The second-order valence-corrected chi connectivity index (χ2v) is 15.6. The maximum Gasteiger partial charge on any atom is 0.235 e. The molecular weight excluding hydrogens is 663 g/mol. The van der Waals surface area contributed by atoms with E-state index < -0.39 is 0 Å². The van der Waals surface area contributed by atoms with Crippen molar-refractivity contribution in [1.29, 1.82) is 0 Å². The molecule has 1 aliphatic rings. The van der Waals surface area contributed by atoms with Crippen LogP contribution in [0.4, 0.5) is 0 Å². The van der Waals surface area contributed by atoms with E-state index in [2.05, 4.69) is 182 Å². The maximum atomic E-state index is 5.46. The third kappa shape index (κ3) is 4.46. The Balaban J connectivity index is 1.24. The van der Waals surface area contributed by atoms with Crippen molar-refractivity contribution in [2.24, 2.45) is 0 Å². The molecule has 0 N–H and O–H groups in total. The lowest BCUT2D eigenvalue weighted by molar-refractivity contribution is 0.674. The van der Waals surface area contributed by atoms with Crippen LogP contribution in [-0.2, 0) is 5.41 Å². The number of hydrogen-bond acceptors (Lipinski definition) is 3. The minimum absolute atomic E-state index is 0.0876. The Kier molecular flexibility index (Phi) is 6.47. The van der Waals surface area contributed by atoms with Crippen LogP contribution in [0.1, 0.15) is 24.3 Å². The highest BCUT2D eigenvalue weighted by atomic mass is 32.1. The molecule has 53 heavy (non-hydrogen) atoms. The number of aromatic nitrogens is 3. The van der Waals surface area contributed by atoms with E-state index in [1.807, 2.05) is 11.3 Å². The van der Waals surface area contributed by atoms with Gasteiger partial charge in [-0.1, -0.05) is 159 Å². The van der Waals surface area contributed by atoms with Crippen LogP contribution >= 0.6 is 11.3 Å². The smallest absolute Gasteiger partial charge is 0.235 e. The number of fused-ring (bicyclic) bond motifs is 10. The fourth-order valence-electron chi connectivity index (χ4n) is 8.60. The van der Waals surface area contributed by atoms with Crippen molar-refractivity contribution in [3.63, 3.8) is 0 Å². The van der Waals surface area contributed by atoms with Gasteiger partial charge in [0.1, 0.15) is 0 Å². The Morgan fingerprint density at radius 2 is 1.15 bits per heavy atom. The van der Waals surface area contributed by atoms with Gasteiger partial charge in [0.2, 0.25) is 5.95 Å². The number of nitrogens with zero attached hydrogens (tertiary/aromatic N) is 3. The molecule has 0 saturated carbocycles. The zero-order chi connectivity index (χ0) is 35.3. The lowest BCUT2D eigenvalue weighted by Crippen LogP contribution is -2.13. The maximum absolute atomic E-state index is 5.46. The Morgan fingerprint density at radius 1 is 0.509 bits per heavy atom. The van der Waals surface area contributed by atoms with Crippen LogP contribution in [-0.4, -0.2) is 14.5 Å². The van der Waals surface area contributed by atoms with E-state index in [9.17, 15) is 0 Å². The molecule has 3 aromatic heterocycles. The molecule has 0 amide bonds. The molecule has 3 heterocycles. The largest absolute Gasteiger partial charge is 0.276 e. The monoisotopic (exact) mass is 695 g/mol.